The van der Waals surface area contributed by atoms with Crippen LogP contribution in [0.3, 0.4) is 0 Å². The van der Waals surface area contributed by atoms with Gasteiger partial charge in [0.05, 0.1) is 10.6 Å². The fourth-order valence-corrected chi connectivity index (χ4v) is 10.3. The van der Waals surface area contributed by atoms with Crippen LogP contribution in [0.1, 0.15) is 76.6 Å². The first kappa shape index (κ1) is 38.4. The van der Waals surface area contributed by atoms with Crippen molar-refractivity contribution in [3.8, 4) is 6.07 Å². The summed E-state index contributed by atoms with van der Waals surface area (Å²) in [4.78, 5) is 63.7. The van der Waals surface area contributed by atoms with Crippen LogP contribution in [-0.2, 0) is 9.59 Å². The molecule has 5 fully saturated rings. The average Bonchev–Trinajstić information content (AvgIpc) is 3.95. The lowest BCUT2D eigenvalue weighted by Crippen LogP contribution is -2.53. The van der Waals surface area contributed by atoms with Crippen molar-refractivity contribution in [1.29, 1.82) is 5.26 Å². The average molecular weight is 805 g/mol. The maximum absolute atomic E-state index is 13.6. The molecule has 0 radical (unpaired) electrons. The van der Waals surface area contributed by atoms with Gasteiger partial charge in [-0.1, -0.05) is 11.6 Å². The highest BCUT2D eigenvalue weighted by Gasteiger charge is 2.45. The first-order valence-corrected chi connectivity index (χ1v) is 21.0. The summed E-state index contributed by atoms with van der Waals surface area (Å²) >= 11 is 6.32. The number of aliphatic hydroxyl groups excluding tert-OH is 1. The molecule has 6 aliphatic rings. The Balaban J connectivity index is 0.730. The number of piperazine rings is 1. The summed E-state index contributed by atoms with van der Waals surface area (Å²) < 4.78 is 0. The van der Waals surface area contributed by atoms with Gasteiger partial charge in [0.25, 0.3) is 11.8 Å². The van der Waals surface area contributed by atoms with Gasteiger partial charge in [0, 0.05) is 112 Å². The van der Waals surface area contributed by atoms with Gasteiger partial charge in [-0.05, 0) is 104 Å². The highest BCUT2D eigenvalue weighted by molar-refractivity contribution is 6.32. The number of halogens is 1. The van der Waals surface area contributed by atoms with Crippen LogP contribution in [0.15, 0.2) is 60.7 Å². The first-order chi connectivity index (χ1) is 28.1. The van der Waals surface area contributed by atoms with E-state index >= 15 is 0 Å². The fraction of sp³-hybridized carbons (Fsp3) is 0.477. The van der Waals surface area contributed by atoms with Crippen LogP contribution in [0.2, 0.25) is 5.02 Å². The van der Waals surface area contributed by atoms with Gasteiger partial charge in [-0.15, -0.1) is 0 Å². The van der Waals surface area contributed by atoms with E-state index in [-0.39, 0.29) is 30.1 Å². The maximum Gasteiger partial charge on any atom is 0.257 e. The van der Waals surface area contributed by atoms with Gasteiger partial charge >= 0.3 is 0 Å². The molecule has 1 spiro atoms. The Bertz CT molecular complexity index is 2160. The number of piperidine rings is 2. The third-order valence-electron chi connectivity index (χ3n) is 13.6. The normalized spacial score (nSPS) is 24.7. The highest BCUT2D eigenvalue weighted by atomic mass is 35.5. The van der Waals surface area contributed by atoms with E-state index in [4.69, 9.17) is 11.6 Å². The summed E-state index contributed by atoms with van der Waals surface area (Å²) in [6.45, 7) is 9.68. The Morgan fingerprint density at radius 1 is 0.828 bits per heavy atom. The number of anilines is 3. The third kappa shape index (κ3) is 7.27. The lowest BCUT2D eigenvalue weighted by atomic mass is 9.77. The minimum atomic E-state index is -1.24. The van der Waals surface area contributed by atoms with Crippen LogP contribution in [0.5, 0.6) is 0 Å². The predicted molar refractivity (Wildman–Crippen MR) is 220 cm³/mol. The molecule has 9 rings (SSSR count). The Hall–Kier alpha value is -5.16. The van der Waals surface area contributed by atoms with E-state index in [1.807, 2.05) is 41.3 Å². The second-order valence-electron chi connectivity index (χ2n) is 17.0. The molecule has 4 amide bonds. The molecule has 2 unspecified atom stereocenters. The topological polar surface area (TPSA) is 144 Å². The monoisotopic (exact) mass is 804 g/mol. The number of nitrogens with one attached hydrogen (secondary N) is 1. The molecule has 13 nitrogen and oxygen atoms in total. The van der Waals surface area contributed by atoms with E-state index in [9.17, 15) is 29.5 Å². The van der Waals surface area contributed by atoms with E-state index in [1.54, 1.807) is 12.1 Å². The summed E-state index contributed by atoms with van der Waals surface area (Å²) in [5.74, 6) is -0.771. The third-order valence-corrected chi connectivity index (χ3v) is 13.9. The minimum absolute atomic E-state index is 0.0832. The molecule has 5 saturated heterocycles. The Morgan fingerprint density at radius 2 is 1.52 bits per heavy atom. The molecule has 6 aliphatic heterocycles. The molecular weight excluding hydrogens is 756 g/mol. The number of hydrogen-bond acceptors (Lipinski definition) is 10. The molecule has 58 heavy (non-hydrogen) atoms. The van der Waals surface area contributed by atoms with Crippen LogP contribution < -0.4 is 20.0 Å². The molecule has 302 valence electrons. The molecule has 2 N–H and O–H groups in total. The van der Waals surface area contributed by atoms with E-state index in [0.29, 0.717) is 40.7 Å². The summed E-state index contributed by atoms with van der Waals surface area (Å²) in [5, 5.41) is 23.2. The lowest BCUT2D eigenvalue weighted by Gasteiger charge is -2.40. The van der Waals surface area contributed by atoms with Gasteiger partial charge in [-0.25, -0.2) is 0 Å². The van der Waals surface area contributed by atoms with Crippen molar-refractivity contribution in [2.24, 2.45) is 11.3 Å². The smallest absolute Gasteiger partial charge is 0.257 e. The summed E-state index contributed by atoms with van der Waals surface area (Å²) in [6.07, 6.45) is 3.49. The molecule has 0 saturated carbocycles. The predicted octanol–water partition coefficient (Wildman–Crippen LogP) is 4.24. The number of nitriles is 1. The van der Waals surface area contributed by atoms with Crippen LogP contribution in [0.4, 0.5) is 17.1 Å². The highest BCUT2D eigenvalue weighted by Crippen LogP contribution is 2.43. The second-order valence-corrected chi connectivity index (χ2v) is 17.4. The van der Waals surface area contributed by atoms with Crippen molar-refractivity contribution in [3.05, 3.63) is 87.9 Å². The zero-order valence-corrected chi connectivity index (χ0v) is 33.4. The number of hydrogen-bond donors (Lipinski definition) is 2. The summed E-state index contributed by atoms with van der Waals surface area (Å²) in [6, 6.07) is 20.7. The molecule has 0 bridgehead atoms. The largest absolute Gasteiger partial charge is 0.371 e. The van der Waals surface area contributed by atoms with Gasteiger partial charge in [-0.3, -0.25) is 34.3 Å². The van der Waals surface area contributed by atoms with Gasteiger partial charge in [0.2, 0.25) is 11.8 Å². The fourth-order valence-electron chi connectivity index (χ4n) is 10.1. The van der Waals surface area contributed by atoms with Crippen molar-refractivity contribution in [1.82, 2.24) is 20.0 Å². The number of benzene rings is 3. The zero-order chi connectivity index (χ0) is 40.1. The number of carbonyl (C=O) groups excluding carboxylic acids is 4. The second kappa shape index (κ2) is 15.5. The number of fused-ring (bicyclic) bond motifs is 1. The number of carbonyl (C=O) groups is 4. The molecular formula is C44H49ClN8O5. The molecule has 0 aromatic heterocycles. The van der Waals surface area contributed by atoms with Crippen LogP contribution in [0.25, 0.3) is 0 Å². The summed E-state index contributed by atoms with van der Waals surface area (Å²) in [7, 11) is 0. The molecule has 3 aromatic carbocycles. The number of amides is 4. The Morgan fingerprint density at radius 3 is 2.22 bits per heavy atom. The number of imide groups is 1. The maximum atomic E-state index is 13.6. The van der Waals surface area contributed by atoms with E-state index in [2.05, 4.69) is 43.1 Å². The van der Waals surface area contributed by atoms with Crippen molar-refractivity contribution in [3.63, 3.8) is 0 Å². The number of aliphatic hydroxyl groups is 1. The minimum Gasteiger partial charge on any atom is -0.371 e. The number of nitrogens with zero attached hydrogens (tertiary/aromatic N) is 7. The molecule has 14 heteroatoms. The van der Waals surface area contributed by atoms with Crippen molar-refractivity contribution in [2.45, 2.75) is 50.8 Å². The molecule has 0 aliphatic carbocycles. The van der Waals surface area contributed by atoms with E-state index in [0.717, 1.165) is 102 Å². The van der Waals surface area contributed by atoms with Crippen LogP contribution in [-0.4, -0.2) is 121 Å². The first-order valence-electron chi connectivity index (χ1n) is 20.6. The van der Waals surface area contributed by atoms with E-state index in [1.165, 1.54) is 10.6 Å². The van der Waals surface area contributed by atoms with Crippen molar-refractivity contribution >= 4 is 52.3 Å². The standard InChI is InChI=1S/C44H49ClN8O5/c45-37-24-34(6-3-31(37)25-46)49-16-12-44(13-17-49)14-18-52(28-44)32-4-1-30(2-5-32)41(56)50-21-19-48(20-22-50)26-29-11-15-51(27-29)33-7-8-35-36(23-33)43(58)53(42(35)57)38-9-10-39(54)47-40(38)55/h1-8,23-24,29,38,43,58H,9-22,26-28H2,(H,47,54,55)/t29-,38?,43?/m1/s1. The SMILES string of the molecule is N#Cc1ccc(N2CCC3(CC2)CCN(c2ccc(C(=O)N4CCN(C[C@H]5CCN(c6ccc7c(c6)C(O)N(C6CCC(=O)NC6=O)C7=O)C5)CC4)cc2)C3)cc1Cl. The van der Waals surface area contributed by atoms with Gasteiger partial charge in [-0.2, -0.15) is 5.26 Å². The van der Waals surface area contributed by atoms with Gasteiger partial charge < -0.3 is 24.7 Å². The Kier molecular flexibility index (Phi) is 10.3. The lowest BCUT2D eigenvalue weighted by molar-refractivity contribution is -0.139. The van der Waals surface area contributed by atoms with Gasteiger partial charge in [0.15, 0.2) is 6.23 Å². The van der Waals surface area contributed by atoms with Crippen molar-refractivity contribution < 1.29 is 24.3 Å². The molecule has 3 atom stereocenters. The van der Waals surface area contributed by atoms with Crippen LogP contribution >= 0.6 is 11.6 Å². The summed E-state index contributed by atoms with van der Waals surface area (Å²) in [5.41, 5.74) is 5.60. The zero-order valence-electron chi connectivity index (χ0n) is 32.6. The van der Waals surface area contributed by atoms with Gasteiger partial charge in [0.1, 0.15) is 12.1 Å². The number of rotatable bonds is 7. The van der Waals surface area contributed by atoms with Crippen LogP contribution in [0, 0.1) is 22.7 Å². The van der Waals surface area contributed by atoms with E-state index < -0.39 is 24.1 Å². The molecule has 6 heterocycles. The molecule has 3 aromatic rings. The quantitative estimate of drug-likeness (QED) is 0.333. The van der Waals surface area contributed by atoms with Crippen molar-refractivity contribution in [2.75, 3.05) is 86.7 Å². The Labute approximate surface area is 343 Å².